The van der Waals surface area contributed by atoms with Crippen LogP contribution in [0.5, 0.6) is 5.75 Å². The predicted octanol–water partition coefficient (Wildman–Crippen LogP) is 4.68. The van der Waals surface area contributed by atoms with E-state index in [9.17, 15) is 22.8 Å². The van der Waals surface area contributed by atoms with E-state index < -0.39 is 17.8 Å². The molecule has 1 aliphatic heterocycles. The number of alkyl halides is 3. The van der Waals surface area contributed by atoms with E-state index in [1.807, 2.05) is 13.0 Å². The van der Waals surface area contributed by atoms with Crippen LogP contribution in [0.25, 0.3) is 11.1 Å². The van der Waals surface area contributed by atoms with Gasteiger partial charge in [0.15, 0.2) is 5.69 Å². The Labute approximate surface area is 217 Å². The second kappa shape index (κ2) is 9.45. The first kappa shape index (κ1) is 25.7. The average molecular weight is 529 g/mol. The number of hydrogen-bond acceptors (Lipinski definition) is 6. The van der Waals surface area contributed by atoms with Crippen molar-refractivity contribution in [2.75, 3.05) is 20.8 Å². The molecule has 0 fully saturated rings. The van der Waals surface area contributed by atoms with Crippen LogP contribution in [0.2, 0.25) is 0 Å². The van der Waals surface area contributed by atoms with Crippen LogP contribution in [-0.2, 0) is 30.8 Å². The molecule has 1 aliphatic carbocycles. The minimum atomic E-state index is -4.72. The number of ether oxygens (including phenoxy) is 2. The number of rotatable bonds is 4. The highest BCUT2D eigenvalue weighted by atomic mass is 19.4. The third-order valence-electron chi connectivity index (χ3n) is 7.28. The zero-order chi connectivity index (χ0) is 27.4. The maximum Gasteiger partial charge on any atom is 0.435 e. The van der Waals surface area contributed by atoms with Gasteiger partial charge in [-0.15, -0.1) is 0 Å². The largest absolute Gasteiger partial charge is 0.495 e. The highest BCUT2D eigenvalue weighted by Gasteiger charge is 2.40. The van der Waals surface area contributed by atoms with E-state index in [4.69, 9.17) is 14.5 Å². The second-order valence-electron chi connectivity index (χ2n) is 9.57. The summed E-state index contributed by atoms with van der Waals surface area (Å²) in [6.45, 7) is 2.17. The van der Waals surface area contributed by atoms with Crippen LogP contribution in [0, 0.1) is 6.92 Å². The number of amides is 1. The van der Waals surface area contributed by atoms with Crippen molar-refractivity contribution in [2.24, 2.45) is 7.05 Å². The maximum atomic E-state index is 14.0. The van der Waals surface area contributed by atoms with Crippen LogP contribution in [0.4, 0.5) is 13.2 Å². The third kappa shape index (κ3) is 4.29. The molecule has 0 saturated heterocycles. The average Bonchev–Trinajstić information content (AvgIpc) is 3.29. The Hall–Kier alpha value is -3.89. The molecule has 2 aromatic heterocycles. The SMILES string of the molecule is COC(=O)c1cc2c(c(-c3cn(C)nc3C(F)(F)F)c1)CCN(C1CCCc3nc(C)c(OC)cc31)C2=O. The number of benzene rings is 1. The molecule has 200 valence electrons. The maximum absolute atomic E-state index is 14.0. The van der Waals surface area contributed by atoms with Gasteiger partial charge in [-0.3, -0.25) is 14.5 Å². The minimum Gasteiger partial charge on any atom is -0.495 e. The standard InChI is InChI=1S/C27H27F3N4O4/c1-14-23(37-3)12-19-21(31-14)6-5-7-22(19)34-9-8-16-17(20-13-33(2)32-24(20)27(28,29)30)10-15(26(36)38-4)11-18(16)25(34)35/h10-13,22H,5-9H2,1-4H3. The van der Waals surface area contributed by atoms with Crippen LogP contribution in [0.3, 0.4) is 0 Å². The fourth-order valence-corrected chi connectivity index (χ4v) is 5.58. The summed E-state index contributed by atoms with van der Waals surface area (Å²) in [5, 5.41) is 3.62. The summed E-state index contributed by atoms with van der Waals surface area (Å²) in [6, 6.07) is 4.43. The number of methoxy groups -OCH3 is 2. The lowest BCUT2D eigenvalue weighted by Crippen LogP contribution is -2.42. The van der Waals surface area contributed by atoms with Crippen molar-refractivity contribution < 1.29 is 32.2 Å². The van der Waals surface area contributed by atoms with E-state index in [0.29, 0.717) is 30.7 Å². The Bertz CT molecular complexity index is 1450. The number of esters is 1. The fraction of sp³-hybridized carbons (Fsp3) is 0.407. The van der Waals surface area contributed by atoms with Gasteiger partial charge in [0.2, 0.25) is 0 Å². The zero-order valence-corrected chi connectivity index (χ0v) is 21.5. The lowest BCUT2D eigenvalue weighted by Gasteiger charge is -2.39. The van der Waals surface area contributed by atoms with Crippen LogP contribution in [0.1, 0.15) is 67.8 Å². The van der Waals surface area contributed by atoms with Crippen molar-refractivity contribution in [1.29, 1.82) is 0 Å². The van der Waals surface area contributed by atoms with Gasteiger partial charge in [-0.2, -0.15) is 18.3 Å². The number of carbonyl (C=O) groups is 2. The van der Waals surface area contributed by atoms with Crippen molar-refractivity contribution >= 4 is 11.9 Å². The smallest absolute Gasteiger partial charge is 0.435 e. The summed E-state index contributed by atoms with van der Waals surface area (Å²) in [6.07, 6.45) is -0.809. The molecule has 2 aliphatic rings. The summed E-state index contributed by atoms with van der Waals surface area (Å²) < 4.78 is 53.0. The lowest BCUT2D eigenvalue weighted by atomic mass is 9.84. The molecule has 1 unspecified atom stereocenters. The molecule has 8 nitrogen and oxygen atoms in total. The molecular formula is C27H27F3N4O4. The van der Waals surface area contributed by atoms with Crippen LogP contribution in [0.15, 0.2) is 24.4 Å². The van der Waals surface area contributed by atoms with Crippen molar-refractivity contribution in [3.63, 3.8) is 0 Å². The first-order valence-electron chi connectivity index (χ1n) is 12.2. The van der Waals surface area contributed by atoms with Gasteiger partial charge < -0.3 is 14.4 Å². The number of aryl methyl sites for hydroxylation is 3. The lowest BCUT2D eigenvalue weighted by molar-refractivity contribution is -0.141. The molecule has 0 spiro atoms. The molecule has 3 aromatic rings. The van der Waals surface area contributed by atoms with Gasteiger partial charge in [0.05, 0.1) is 31.5 Å². The van der Waals surface area contributed by atoms with Gasteiger partial charge in [0.1, 0.15) is 5.75 Å². The first-order chi connectivity index (χ1) is 18.0. The molecule has 11 heteroatoms. The summed E-state index contributed by atoms with van der Waals surface area (Å²) in [4.78, 5) is 32.9. The molecule has 0 N–H and O–H groups in total. The highest BCUT2D eigenvalue weighted by molar-refractivity contribution is 6.03. The summed E-state index contributed by atoms with van der Waals surface area (Å²) in [7, 11) is 4.15. The molecule has 1 aromatic carbocycles. The molecule has 1 atom stereocenters. The number of hydrogen-bond donors (Lipinski definition) is 0. The van der Waals surface area contributed by atoms with E-state index in [2.05, 4.69) is 5.10 Å². The van der Waals surface area contributed by atoms with E-state index in [1.165, 1.54) is 32.5 Å². The fourth-order valence-electron chi connectivity index (χ4n) is 5.58. The number of aromatic nitrogens is 3. The Morgan fingerprint density at radius 1 is 1.11 bits per heavy atom. The molecule has 5 rings (SSSR count). The number of pyridine rings is 1. The summed E-state index contributed by atoms with van der Waals surface area (Å²) in [5.74, 6) is -0.469. The topological polar surface area (TPSA) is 86.6 Å². The Balaban J connectivity index is 1.64. The normalized spacial score (nSPS) is 17.2. The molecule has 0 radical (unpaired) electrons. The van der Waals surface area contributed by atoms with Gasteiger partial charge in [-0.1, -0.05) is 0 Å². The number of fused-ring (bicyclic) bond motifs is 2. The number of carbonyl (C=O) groups excluding carboxylic acids is 2. The Morgan fingerprint density at radius 2 is 1.84 bits per heavy atom. The molecule has 38 heavy (non-hydrogen) atoms. The van der Waals surface area contributed by atoms with Crippen molar-refractivity contribution in [3.8, 4) is 16.9 Å². The quantitative estimate of drug-likeness (QED) is 0.457. The number of nitrogens with zero attached hydrogens (tertiary/aromatic N) is 4. The van der Waals surface area contributed by atoms with Crippen molar-refractivity contribution in [3.05, 3.63) is 63.7 Å². The van der Waals surface area contributed by atoms with E-state index >= 15 is 0 Å². The van der Waals surface area contributed by atoms with Gasteiger partial charge >= 0.3 is 12.1 Å². The molecule has 3 heterocycles. The highest BCUT2D eigenvalue weighted by Crippen LogP contribution is 2.42. The summed E-state index contributed by atoms with van der Waals surface area (Å²) >= 11 is 0. The van der Waals surface area contributed by atoms with Crippen LogP contribution in [-0.4, -0.2) is 52.3 Å². The molecular weight excluding hydrogens is 501 g/mol. The first-order valence-corrected chi connectivity index (χ1v) is 12.2. The predicted molar refractivity (Wildman–Crippen MR) is 131 cm³/mol. The van der Waals surface area contributed by atoms with E-state index in [-0.39, 0.29) is 34.2 Å². The second-order valence-corrected chi connectivity index (χ2v) is 9.57. The zero-order valence-electron chi connectivity index (χ0n) is 21.5. The molecule has 1 amide bonds. The molecule has 0 saturated carbocycles. The van der Waals surface area contributed by atoms with Gasteiger partial charge in [-0.25, -0.2) is 4.79 Å². The molecule has 0 bridgehead atoms. The Kier molecular flexibility index (Phi) is 6.40. The monoisotopic (exact) mass is 528 g/mol. The Morgan fingerprint density at radius 3 is 2.53 bits per heavy atom. The third-order valence-corrected chi connectivity index (χ3v) is 7.28. The van der Waals surface area contributed by atoms with E-state index in [0.717, 1.165) is 34.5 Å². The minimum absolute atomic E-state index is 0.00330. The number of halogens is 3. The van der Waals surface area contributed by atoms with Gasteiger partial charge in [0.25, 0.3) is 5.91 Å². The van der Waals surface area contributed by atoms with Gasteiger partial charge in [-0.05, 0) is 67.5 Å². The van der Waals surface area contributed by atoms with Crippen LogP contribution < -0.4 is 4.74 Å². The van der Waals surface area contributed by atoms with Crippen molar-refractivity contribution in [1.82, 2.24) is 19.7 Å². The van der Waals surface area contributed by atoms with Gasteiger partial charge in [0, 0.05) is 36.6 Å². The van der Waals surface area contributed by atoms with Crippen molar-refractivity contribution in [2.45, 2.75) is 44.8 Å². The van der Waals surface area contributed by atoms with Crippen LogP contribution >= 0.6 is 0 Å². The van der Waals surface area contributed by atoms with E-state index in [1.54, 1.807) is 12.0 Å². The summed E-state index contributed by atoms with van der Waals surface area (Å²) in [5.41, 5.74) is 2.11.